The Bertz CT molecular complexity index is 1660. The quantitative estimate of drug-likeness (QED) is 0.230. The third kappa shape index (κ3) is 5.03. The highest BCUT2D eigenvalue weighted by molar-refractivity contribution is 9.10. The van der Waals surface area contributed by atoms with Gasteiger partial charge in [0.1, 0.15) is 0 Å². The molecule has 6 rings (SSSR count). The third-order valence-electron chi connectivity index (χ3n) is 5.88. The largest absolute Gasteiger partial charge is 0.265 e. The van der Waals surface area contributed by atoms with Gasteiger partial charge in [0.25, 0.3) is 0 Å². The highest BCUT2D eigenvalue weighted by atomic mass is 79.9. The van der Waals surface area contributed by atoms with Gasteiger partial charge < -0.3 is 0 Å². The van der Waals surface area contributed by atoms with Crippen molar-refractivity contribution in [1.29, 1.82) is 0 Å². The summed E-state index contributed by atoms with van der Waals surface area (Å²) in [6.45, 7) is 0. The molecule has 0 atom stereocenters. The summed E-state index contributed by atoms with van der Waals surface area (Å²) in [4.78, 5) is 27.0. The molecular formula is C30H19BrN6. The zero-order valence-electron chi connectivity index (χ0n) is 19.5. The van der Waals surface area contributed by atoms with E-state index in [1.165, 1.54) is 0 Å². The monoisotopic (exact) mass is 542 g/mol. The van der Waals surface area contributed by atoms with Crippen LogP contribution in [-0.4, -0.2) is 29.9 Å². The van der Waals surface area contributed by atoms with Crippen molar-refractivity contribution in [1.82, 2.24) is 29.9 Å². The third-order valence-corrected chi connectivity index (χ3v) is 6.34. The van der Waals surface area contributed by atoms with Crippen molar-refractivity contribution in [2.75, 3.05) is 0 Å². The molecule has 7 heteroatoms. The van der Waals surface area contributed by atoms with Crippen molar-refractivity contribution < 1.29 is 0 Å². The molecule has 0 bridgehead atoms. The van der Waals surface area contributed by atoms with Crippen LogP contribution in [0.2, 0.25) is 0 Å². The molecule has 0 saturated carbocycles. The van der Waals surface area contributed by atoms with E-state index in [0.29, 0.717) is 17.5 Å². The molecule has 0 unspecified atom stereocenters. The zero-order valence-corrected chi connectivity index (χ0v) is 21.1. The molecule has 6 aromatic rings. The molecule has 0 aliphatic carbocycles. The summed E-state index contributed by atoms with van der Waals surface area (Å²) in [5.74, 6) is 1.74. The van der Waals surface area contributed by atoms with Crippen molar-refractivity contribution in [3.63, 3.8) is 0 Å². The average molecular weight is 543 g/mol. The van der Waals surface area contributed by atoms with Gasteiger partial charge in [0, 0.05) is 58.3 Å². The predicted molar refractivity (Wildman–Crippen MR) is 148 cm³/mol. The standard InChI is InChI=1S/C30H19BrN6/c31-27-17-25(22-9-14-33-15-10-22)16-26(18-27)30-36-28(35-29(37-30)24-2-1-11-34-19-24)23-5-3-20(4-6-23)21-7-12-32-13-8-21/h1-19H. The predicted octanol–water partition coefficient (Wildman–Crippen LogP) is 7.15. The van der Waals surface area contributed by atoms with Gasteiger partial charge in [0.2, 0.25) is 0 Å². The number of benzene rings is 2. The minimum absolute atomic E-state index is 0.566. The van der Waals surface area contributed by atoms with Crippen LogP contribution in [-0.2, 0) is 0 Å². The highest BCUT2D eigenvalue weighted by Crippen LogP contribution is 2.31. The minimum atomic E-state index is 0.566. The molecular weight excluding hydrogens is 524 g/mol. The van der Waals surface area contributed by atoms with Crippen LogP contribution in [0.5, 0.6) is 0 Å². The molecule has 4 aromatic heterocycles. The smallest absolute Gasteiger partial charge is 0.165 e. The molecule has 4 heterocycles. The van der Waals surface area contributed by atoms with Crippen molar-refractivity contribution in [2.45, 2.75) is 0 Å². The lowest BCUT2D eigenvalue weighted by molar-refractivity contribution is 1.07. The second kappa shape index (κ2) is 10.2. The van der Waals surface area contributed by atoms with E-state index in [9.17, 15) is 0 Å². The average Bonchev–Trinajstić information content (AvgIpc) is 2.98. The summed E-state index contributed by atoms with van der Waals surface area (Å²) in [7, 11) is 0. The molecule has 0 saturated heterocycles. The van der Waals surface area contributed by atoms with E-state index in [4.69, 9.17) is 15.0 Å². The molecule has 176 valence electrons. The minimum Gasteiger partial charge on any atom is -0.265 e. The van der Waals surface area contributed by atoms with Crippen LogP contribution in [0.3, 0.4) is 0 Å². The maximum absolute atomic E-state index is 4.89. The fourth-order valence-corrected chi connectivity index (χ4v) is 4.54. The van der Waals surface area contributed by atoms with E-state index in [0.717, 1.165) is 43.4 Å². The first-order valence-corrected chi connectivity index (χ1v) is 12.4. The van der Waals surface area contributed by atoms with Crippen molar-refractivity contribution >= 4 is 15.9 Å². The van der Waals surface area contributed by atoms with Gasteiger partial charge in [-0.05, 0) is 76.9 Å². The molecule has 0 radical (unpaired) electrons. The number of rotatable bonds is 5. The van der Waals surface area contributed by atoms with Crippen molar-refractivity contribution in [3.8, 4) is 56.4 Å². The zero-order chi connectivity index (χ0) is 25.0. The molecule has 6 nitrogen and oxygen atoms in total. The maximum Gasteiger partial charge on any atom is 0.165 e. The van der Waals surface area contributed by atoms with Gasteiger partial charge in [0.15, 0.2) is 17.5 Å². The molecule has 0 amide bonds. The molecule has 2 aromatic carbocycles. The highest BCUT2D eigenvalue weighted by Gasteiger charge is 2.14. The number of pyridine rings is 3. The molecule has 37 heavy (non-hydrogen) atoms. The Kier molecular flexibility index (Phi) is 6.27. The van der Waals surface area contributed by atoms with Crippen LogP contribution in [0.4, 0.5) is 0 Å². The van der Waals surface area contributed by atoms with Crippen molar-refractivity contribution in [3.05, 3.63) is 121 Å². The molecule has 0 spiro atoms. The second-order valence-corrected chi connectivity index (χ2v) is 9.24. The van der Waals surface area contributed by atoms with Crippen LogP contribution < -0.4 is 0 Å². The number of hydrogen-bond acceptors (Lipinski definition) is 6. The Morgan fingerprint density at radius 3 is 1.54 bits per heavy atom. The fourth-order valence-electron chi connectivity index (χ4n) is 4.04. The number of hydrogen-bond donors (Lipinski definition) is 0. The van der Waals surface area contributed by atoms with Crippen LogP contribution in [0, 0.1) is 0 Å². The normalized spacial score (nSPS) is 10.8. The lowest BCUT2D eigenvalue weighted by atomic mass is 10.0. The van der Waals surface area contributed by atoms with Gasteiger partial charge in [-0.2, -0.15) is 0 Å². The first-order valence-electron chi connectivity index (χ1n) is 11.6. The summed E-state index contributed by atoms with van der Waals surface area (Å²) in [5, 5.41) is 0. The Balaban J connectivity index is 1.47. The van der Waals surface area contributed by atoms with Crippen LogP contribution in [0.15, 0.2) is 121 Å². The Hall–Kier alpha value is -4.62. The topological polar surface area (TPSA) is 77.3 Å². The summed E-state index contributed by atoms with van der Waals surface area (Å²) in [5.41, 5.74) is 6.91. The van der Waals surface area contributed by atoms with Gasteiger partial charge in [-0.25, -0.2) is 15.0 Å². The van der Waals surface area contributed by atoms with Crippen molar-refractivity contribution in [2.24, 2.45) is 0 Å². The van der Waals surface area contributed by atoms with E-state index < -0.39 is 0 Å². The van der Waals surface area contributed by atoms with Gasteiger partial charge in [-0.1, -0.05) is 40.2 Å². The van der Waals surface area contributed by atoms with E-state index in [1.807, 2.05) is 54.6 Å². The lowest BCUT2D eigenvalue weighted by Gasteiger charge is -2.10. The number of nitrogens with zero attached hydrogens (tertiary/aromatic N) is 6. The van der Waals surface area contributed by atoms with Crippen LogP contribution in [0.1, 0.15) is 0 Å². The molecule has 0 aliphatic heterocycles. The summed E-state index contributed by atoms with van der Waals surface area (Å²) >= 11 is 3.66. The Morgan fingerprint density at radius 2 is 0.919 bits per heavy atom. The fraction of sp³-hybridized carbons (Fsp3) is 0. The Morgan fingerprint density at radius 1 is 0.405 bits per heavy atom. The first kappa shape index (κ1) is 22.8. The Labute approximate surface area is 222 Å². The van der Waals surface area contributed by atoms with Gasteiger partial charge >= 0.3 is 0 Å². The van der Waals surface area contributed by atoms with E-state index in [1.54, 1.807) is 37.2 Å². The summed E-state index contributed by atoms with van der Waals surface area (Å²) in [6.07, 6.45) is 10.7. The molecule has 0 N–H and O–H groups in total. The van der Waals surface area contributed by atoms with E-state index in [2.05, 4.69) is 55.1 Å². The molecule has 0 fully saturated rings. The van der Waals surface area contributed by atoms with E-state index in [-0.39, 0.29) is 0 Å². The second-order valence-electron chi connectivity index (χ2n) is 8.33. The SMILES string of the molecule is Brc1cc(-c2ccncc2)cc(-c2nc(-c3ccc(-c4ccncc4)cc3)nc(-c3cccnc3)n2)c1. The summed E-state index contributed by atoms with van der Waals surface area (Å²) < 4.78 is 0.934. The number of aromatic nitrogens is 6. The summed E-state index contributed by atoms with van der Waals surface area (Å²) in [6, 6.07) is 26.1. The lowest BCUT2D eigenvalue weighted by Crippen LogP contribution is -2.00. The van der Waals surface area contributed by atoms with Gasteiger partial charge in [-0.3, -0.25) is 15.0 Å². The number of halogens is 1. The molecule has 0 aliphatic rings. The van der Waals surface area contributed by atoms with Crippen LogP contribution >= 0.6 is 15.9 Å². The van der Waals surface area contributed by atoms with Gasteiger partial charge in [0.05, 0.1) is 0 Å². The van der Waals surface area contributed by atoms with Gasteiger partial charge in [-0.15, -0.1) is 0 Å². The van der Waals surface area contributed by atoms with E-state index >= 15 is 0 Å². The first-order chi connectivity index (χ1) is 18.2. The van der Waals surface area contributed by atoms with Crippen LogP contribution in [0.25, 0.3) is 56.4 Å². The maximum atomic E-state index is 4.89.